The zero-order valence-electron chi connectivity index (χ0n) is 10.1. The fourth-order valence-corrected chi connectivity index (χ4v) is 1.40. The molecule has 0 bridgehead atoms. The summed E-state index contributed by atoms with van der Waals surface area (Å²) in [6.45, 7) is 0.0144. The zero-order chi connectivity index (χ0) is 13.5. The smallest absolute Gasteiger partial charge is 0.251 e. The molecule has 0 aliphatic rings. The Hall–Kier alpha value is -1.92. The molecule has 0 saturated carbocycles. The van der Waals surface area contributed by atoms with Gasteiger partial charge in [0, 0.05) is 18.2 Å². The van der Waals surface area contributed by atoms with Crippen LogP contribution in [0.15, 0.2) is 24.3 Å². The van der Waals surface area contributed by atoms with Crippen LogP contribution in [-0.4, -0.2) is 43.3 Å². The van der Waals surface area contributed by atoms with Gasteiger partial charge in [0.05, 0.1) is 19.3 Å². The standard InChI is InChI=1S/C12H16N2O4/c1-18-7-10(6-15)14-12(17)9-4-2-8(3-5-9)11(13)16/h2-5,10,15H,6-7H2,1H3,(H2,13,16)(H,14,17). The van der Waals surface area contributed by atoms with E-state index in [-0.39, 0.29) is 19.1 Å². The molecule has 1 aromatic carbocycles. The maximum absolute atomic E-state index is 11.8. The number of rotatable bonds is 6. The number of carbonyl (C=O) groups is 2. The summed E-state index contributed by atoms with van der Waals surface area (Å²) < 4.78 is 4.85. The molecule has 18 heavy (non-hydrogen) atoms. The van der Waals surface area contributed by atoms with E-state index < -0.39 is 11.9 Å². The molecule has 6 heteroatoms. The summed E-state index contributed by atoms with van der Waals surface area (Å²) >= 11 is 0. The van der Waals surface area contributed by atoms with Crippen molar-refractivity contribution >= 4 is 11.8 Å². The lowest BCUT2D eigenvalue weighted by molar-refractivity contribution is 0.0839. The van der Waals surface area contributed by atoms with E-state index in [1.54, 1.807) is 0 Å². The summed E-state index contributed by atoms with van der Waals surface area (Å²) in [6.07, 6.45) is 0. The molecular formula is C12H16N2O4. The number of nitrogens with two attached hydrogens (primary N) is 1. The van der Waals surface area contributed by atoms with Gasteiger partial charge in [0.15, 0.2) is 0 Å². The highest BCUT2D eigenvalue weighted by Crippen LogP contribution is 2.04. The molecule has 0 spiro atoms. The van der Waals surface area contributed by atoms with Gasteiger partial charge in [-0.2, -0.15) is 0 Å². The van der Waals surface area contributed by atoms with Gasteiger partial charge in [0.2, 0.25) is 5.91 Å². The van der Waals surface area contributed by atoms with Gasteiger partial charge in [-0.3, -0.25) is 9.59 Å². The largest absolute Gasteiger partial charge is 0.394 e. The molecule has 1 rings (SSSR count). The molecule has 2 amide bonds. The molecule has 1 aromatic rings. The van der Waals surface area contributed by atoms with Gasteiger partial charge in [-0.1, -0.05) is 0 Å². The first kappa shape index (κ1) is 14.1. The van der Waals surface area contributed by atoms with E-state index >= 15 is 0 Å². The van der Waals surface area contributed by atoms with Crippen molar-refractivity contribution in [1.29, 1.82) is 0 Å². The lowest BCUT2D eigenvalue weighted by atomic mass is 10.1. The summed E-state index contributed by atoms with van der Waals surface area (Å²) in [5.74, 6) is -0.892. The molecule has 0 radical (unpaired) electrons. The van der Waals surface area contributed by atoms with Crippen molar-refractivity contribution in [2.45, 2.75) is 6.04 Å². The van der Waals surface area contributed by atoms with Crippen molar-refractivity contribution in [2.24, 2.45) is 5.73 Å². The first-order valence-corrected chi connectivity index (χ1v) is 5.39. The highest BCUT2D eigenvalue weighted by Gasteiger charge is 2.13. The van der Waals surface area contributed by atoms with E-state index in [9.17, 15) is 9.59 Å². The second-order valence-electron chi connectivity index (χ2n) is 3.75. The Morgan fingerprint density at radius 2 is 1.89 bits per heavy atom. The average molecular weight is 252 g/mol. The first-order valence-electron chi connectivity index (χ1n) is 5.39. The van der Waals surface area contributed by atoms with Gasteiger partial charge in [-0.25, -0.2) is 0 Å². The van der Waals surface area contributed by atoms with E-state index in [0.29, 0.717) is 11.1 Å². The number of primary amides is 1. The van der Waals surface area contributed by atoms with Crippen LogP contribution in [0.1, 0.15) is 20.7 Å². The number of methoxy groups -OCH3 is 1. The van der Waals surface area contributed by atoms with E-state index in [1.807, 2.05) is 0 Å². The van der Waals surface area contributed by atoms with E-state index in [0.717, 1.165) is 0 Å². The molecule has 0 fully saturated rings. The van der Waals surface area contributed by atoms with Gasteiger partial charge in [0.25, 0.3) is 5.91 Å². The Bertz CT molecular complexity index is 417. The van der Waals surface area contributed by atoms with Gasteiger partial charge >= 0.3 is 0 Å². The molecule has 0 aliphatic heterocycles. The highest BCUT2D eigenvalue weighted by molar-refractivity contribution is 5.97. The number of amides is 2. The third-order valence-corrected chi connectivity index (χ3v) is 2.36. The predicted octanol–water partition coefficient (Wildman–Crippen LogP) is -0.477. The summed E-state index contributed by atoms with van der Waals surface area (Å²) in [6, 6.07) is 5.48. The molecule has 98 valence electrons. The minimum atomic E-state index is -0.547. The second kappa shape index (κ2) is 6.73. The Balaban J connectivity index is 2.69. The van der Waals surface area contributed by atoms with E-state index in [4.69, 9.17) is 15.6 Å². The van der Waals surface area contributed by atoms with Crippen LogP contribution in [-0.2, 0) is 4.74 Å². The molecule has 1 unspecified atom stereocenters. The molecule has 0 heterocycles. The topological polar surface area (TPSA) is 102 Å². The second-order valence-corrected chi connectivity index (χ2v) is 3.75. The van der Waals surface area contributed by atoms with Crippen LogP contribution in [0.5, 0.6) is 0 Å². The lowest BCUT2D eigenvalue weighted by Crippen LogP contribution is -2.40. The first-order chi connectivity index (χ1) is 8.58. The normalized spacial score (nSPS) is 11.9. The number of aliphatic hydroxyl groups excluding tert-OH is 1. The van der Waals surface area contributed by atoms with Crippen LogP contribution < -0.4 is 11.1 Å². The fraction of sp³-hybridized carbons (Fsp3) is 0.333. The summed E-state index contributed by atoms with van der Waals surface area (Å²) in [5.41, 5.74) is 5.81. The summed E-state index contributed by atoms with van der Waals surface area (Å²) in [4.78, 5) is 22.6. The van der Waals surface area contributed by atoms with Crippen molar-refractivity contribution in [2.75, 3.05) is 20.3 Å². The van der Waals surface area contributed by atoms with Gasteiger partial charge in [0.1, 0.15) is 0 Å². The van der Waals surface area contributed by atoms with Crippen LogP contribution in [0, 0.1) is 0 Å². The van der Waals surface area contributed by atoms with E-state index in [1.165, 1.54) is 31.4 Å². The van der Waals surface area contributed by atoms with Gasteiger partial charge in [-0.15, -0.1) is 0 Å². The van der Waals surface area contributed by atoms with E-state index in [2.05, 4.69) is 5.32 Å². The summed E-state index contributed by atoms with van der Waals surface area (Å²) in [7, 11) is 1.48. The molecular weight excluding hydrogens is 236 g/mol. The Labute approximate surface area is 105 Å². The Morgan fingerprint density at radius 1 is 1.33 bits per heavy atom. The SMILES string of the molecule is COCC(CO)NC(=O)c1ccc(C(N)=O)cc1. The Kier molecular flexibility index (Phi) is 5.29. The maximum atomic E-state index is 11.8. The van der Waals surface area contributed by atoms with Gasteiger partial charge in [-0.05, 0) is 24.3 Å². The van der Waals surface area contributed by atoms with Crippen LogP contribution >= 0.6 is 0 Å². The number of benzene rings is 1. The number of aliphatic hydroxyl groups is 1. The van der Waals surface area contributed by atoms with Crippen molar-refractivity contribution in [3.63, 3.8) is 0 Å². The number of nitrogens with one attached hydrogen (secondary N) is 1. The Morgan fingerprint density at radius 3 is 2.33 bits per heavy atom. The predicted molar refractivity (Wildman–Crippen MR) is 65.2 cm³/mol. The zero-order valence-corrected chi connectivity index (χ0v) is 10.1. The lowest BCUT2D eigenvalue weighted by Gasteiger charge is -2.15. The van der Waals surface area contributed by atoms with Crippen molar-refractivity contribution in [1.82, 2.24) is 5.32 Å². The molecule has 1 atom stereocenters. The van der Waals surface area contributed by atoms with Crippen LogP contribution in [0.2, 0.25) is 0 Å². The summed E-state index contributed by atoms with van der Waals surface area (Å²) in [5, 5.41) is 11.6. The van der Waals surface area contributed by atoms with Crippen molar-refractivity contribution < 1.29 is 19.4 Å². The molecule has 0 aromatic heterocycles. The van der Waals surface area contributed by atoms with Crippen LogP contribution in [0.25, 0.3) is 0 Å². The number of ether oxygens (including phenoxy) is 1. The minimum absolute atomic E-state index is 0.209. The number of hydrogen-bond acceptors (Lipinski definition) is 4. The monoisotopic (exact) mass is 252 g/mol. The quantitative estimate of drug-likeness (QED) is 0.636. The van der Waals surface area contributed by atoms with Crippen molar-refractivity contribution in [3.8, 4) is 0 Å². The molecule has 0 saturated heterocycles. The molecule has 6 nitrogen and oxygen atoms in total. The minimum Gasteiger partial charge on any atom is -0.394 e. The van der Waals surface area contributed by atoms with Crippen molar-refractivity contribution in [3.05, 3.63) is 35.4 Å². The third kappa shape index (κ3) is 3.83. The highest BCUT2D eigenvalue weighted by atomic mass is 16.5. The molecule has 0 aliphatic carbocycles. The number of carbonyl (C=O) groups excluding carboxylic acids is 2. The molecule has 4 N–H and O–H groups in total. The van der Waals surface area contributed by atoms with Crippen LogP contribution in [0.3, 0.4) is 0 Å². The third-order valence-electron chi connectivity index (χ3n) is 2.36. The van der Waals surface area contributed by atoms with Crippen LogP contribution in [0.4, 0.5) is 0 Å². The average Bonchev–Trinajstić information content (AvgIpc) is 2.38. The maximum Gasteiger partial charge on any atom is 0.251 e. The van der Waals surface area contributed by atoms with Gasteiger partial charge < -0.3 is 20.9 Å². The number of hydrogen-bond donors (Lipinski definition) is 3. The fourth-order valence-electron chi connectivity index (χ4n) is 1.40.